The van der Waals surface area contributed by atoms with Crippen molar-refractivity contribution in [3.63, 3.8) is 0 Å². The van der Waals surface area contributed by atoms with Gasteiger partial charge in [-0.05, 0) is 29.7 Å². The van der Waals surface area contributed by atoms with Crippen molar-refractivity contribution in [3.8, 4) is 0 Å². The van der Waals surface area contributed by atoms with Crippen LogP contribution in [0.4, 0.5) is 0 Å². The summed E-state index contributed by atoms with van der Waals surface area (Å²) in [5.74, 6) is 1.55. The van der Waals surface area contributed by atoms with Crippen molar-refractivity contribution >= 4 is 11.7 Å². The van der Waals surface area contributed by atoms with E-state index in [1.807, 2.05) is 18.2 Å². The molecule has 4 rings (SSSR count). The predicted molar refractivity (Wildman–Crippen MR) is 81.1 cm³/mol. The van der Waals surface area contributed by atoms with E-state index in [2.05, 4.69) is 26.0 Å². The first kappa shape index (κ1) is 13.1. The fourth-order valence-electron chi connectivity index (χ4n) is 4.63. The van der Waals surface area contributed by atoms with Gasteiger partial charge in [-0.3, -0.25) is 4.79 Å². The summed E-state index contributed by atoms with van der Waals surface area (Å²) in [6.07, 6.45) is 2.73. The topological polar surface area (TPSA) is 38.7 Å². The first-order valence-electron chi connectivity index (χ1n) is 7.85. The number of aliphatic imine (C=N–C) groups is 1. The third-order valence-electron chi connectivity index (χ3n) is 6.10. The van der Waals surface area contributed by atoms with Gasteiger partial charge in [-0.1, -0.05) is 44.2 Å². The van der Waals surface area contributed by atoms with Crippen LogP contribution in [-0.2, 0) is 9.53 Å². The molecule has 2 aliphatic carbocycles. The van der Waals surface area contributed by atoms with Crippen LogP contribution in [0.5, 0.6) is 0 Å². The fraction of sp³-hybridized carbons (Fsp3) is 0.556. The number of nitrogens with zero attached hydrogens (tertiary/aromatic N) is 1. The lowest BCUT2D eigenvalue weighted by Gasteiger charge is -2.35. The molecule has 1 aromatic rings. The van der Waals surface area contributed by atoms with Gasteiger partial charge in [-0.15, -0.1) is 0 Å². The van der Waals surface area contributed by atoms with Crippen molar-refractivity contribution in [2.24, 2.45) is 21.7 Å². The lowest BCUT2D eigenvalue weighted by atomic mass is 9.68. The summed E-state index contributed by atoms with van der Waals surface area (Å²) in [4.78, 5) is 17.5. The molecule has 2 fully saturated rings. The average molecular weight is 283 g/mol. The van der Waals surface area contributed by atoms with Crippen LogP contribution in [0.3, 0.4) is 0 Å². The lowest BCUT2D eigenvalue weighted by molar-refractivity contribution is -0.126. The lowest BCUT2D eigenvalue weighted by Crippen LogP contribution is -2.43. The highest BCUT2D eigenvalue weighted by atomic mass is 16.5. The first-order chi connectivity index (χ1) is 10.1. The molecule has 0 saturated heterocycles. The second kappa shape index (κ2) is 4.19. The van der Waals surface area contributed by atoms with Gasteiger partial charge in [0.25, 0.3) is 0 Å². The summed E-state index contributed by atoms with van der Waals surface area (Å²) in [6.45, 7) is 5.00. The van der Waals surface area contributed by atoms with Gasteiger partial charge < -0.3 is 4.74 Å². The Morgan fingerprint density at radius 2 is 2.00 bits per heavy atom. The van der Waals surface area contributed by atoms with E-state index >= 15 is 0 Å². The van der Waals surface area contributed by atoms with E-state index in [4.69, 9.17) is 9.73 Å². The van der Waals surface area contributed by atoms with Crippen LogP contribution in [0.15, 0.2) is 35.3 Å². The number of benzene rings is 1. The van der Waals surface area contributed by atoms with Crippen LogP contribution < -0.4 is 0 Å². The van der Waals surface area contributed by atoms with E-state index in [1.165, 1.54) is 5.56 Å². The molecule has 0 radical (unpaired) electrons. The van der Waals surface area contributed by atoms with Crippen molar-refractivity contribution in [3.05, 3.63) is 35.9 Å². The van der Waals surface area contributed by atoms with Gasteiger partial charge in [0.2, 0.25) is 0 Å². The van der Waals surface area contributed by atoms with Crippen molar-refractivity contribution in [1.82, 2.24) is 0 Å². The molecular formula is C18H21NO2. The summed E-state index contributed by atoms with van der Waals surface area (Å²) in [6, 6.07) is 10.3. The number of rotatable bonds is 2. The number of carbonyl (C=O) groups is 1. The van der Waals surface area contributed by atoms with Gasteiger partial charge in [0.1, 0.15) is 23.8 Å². The maximum atomic E-state index is 12.6. The van der Waals surface area contributed by atoms with E-state index in [1.54, 1.807) is 0 Å². The maximum Gasteiger partial charge on any atom is 0.198 e. The van der Waals surface area contributed by atoms with E-state index in [0.717, 1.165) is 12.8 Å². The second-order valence-electron chi connectivity index (χ2n) is 7.16. The molecular weight excluding hydrogens is 262 g/mol. The van der Waals surface area contributed by atoms with E-state index < -0.39 is 5.41 Å². The third-order valence-corrected chi connectivity index (χ3v) is 6.10. The highest BCUT2D eigenvalue weighted by molar-refractivity contribution is 6.10. The molecule has 1 heterocycles. The second-order valence-corrected chi connectivity index (χ2v) is 7.16. The Hall–Kier alpha value is -1.64. The van der Waals surface area contributed by atoms with Crippen molar-refractivity contribution in [1.29, 1.82) is 0 Å². The molecule has 0 aromatic heterocycles. The number of ether oxygens (including phenoxy) is 1. The fourth-order valence-corrected chi connectivity index (χ4v) is 4.63. The largest absolute Gasteiger partial charge is 0.478 e. The molecule has 110 valence electrons. The Bertz CT molecular complexity index is 619. The first-order valence-corrected chi connectivity index (χ1v) is 7.85. The van der Waals surface area contributed by atoms with Gasteiger partial charge in [-0.25, -0.2) is 4.99 Å². The Balaban J connectivity index is 1.73. The minimum atomic E-state index is -0.457. The minimum absolute atomic E-state index is 0.0194. The van der Waals surface area contributed by atoms with Crippen molar-refractivity contribution in [2.75, 3.05) is 6.61 Å². The standard InChI is InChI=1S/C18H21NO2/c1-17(2)13-8-9-18(17,15(20)10-13)16-19-14(11-21-16)12-6-4-3-5-7-12/h3-7,13-14H,8-11H2,1-2H3/t13-,14?,18-/m1/s1. The number of carbonyl (C=O) groups excluding carboxylic acids is 1. The average Bonchev–Trinajstić information content (AvgIpc) is 3.11. The Morgan fingerprint density at radius 3 is 2.62 bits per heavy atom. The highest BCUT2D eigenvalue weighted by Crippen LogP contribution is 2.65. The van der Waals surface area contributed by atoms with Crippen LogP contribution in [0, 0.1) is 16.7 Å². The Morgan fingerprint density at radius 1 is 1.24 bits per heavy atom. The zero-order valence-corrected chi connectivity index (χ0v) is 12.6. The molecule has 3 aliphatic rings. The number of ketones is 1. The smallest absolute Gasteiger partial charge is 0.198 e. The van der Waals surface area contributed by atoms with Crippen molar-refractivity contribution in [2.45, 2.75) is 39.2 Å². The molecule has 0 spiro atoms. The number of hydrogen-bond donors (Lipinski definition) is 0. The van der Waals surface area contributed by atoms with E-state index in [9.17, 15) is 4.79 Å². The molecule has 1 aromatic carbocycles. The summed E-state index contributed by atoms with van der Waals surface area (Å²) in [5.41, 5.74) is 0.692. The molecule has 1 unspecified atom stereocenters. The Labute approximate surface area is 125 Å². The summed E-state index contributed by atoms with van der Waals surface area (Å²) < 4.78 is 5.96. The van der Waals surface area contributed by atoms with Crippen LogP contribution in [0.1, 0.15) is 44.7 Å². The van der Waals surface area contributed by atoms with Crippen LogP contribution in [0.25, 0.3) is 0 Å². The molecule has 1 aliphatic heterocycles. The highest BCUT2D eigenvalue weighted by Gasteiger charge is 2.68. The zero-order chi connectivity index (χ0) is 14.7. The maximum absolute atomic E-state index is 12.6. The third kappa shape index (κ3) is 1.55. The van der Waals surface area contributed by atoms with E-state index in [-0.39, 0.29) is 11.5 Å². The minimum Gasteiger partial charge on any atom is -0.478 e. The summed E-state index contributed by atoms with van der Waals surface area (Å²) in [5, 5.41) is 0. The van der Waals surface area contributed by atoms with Crippen LogP contribution in [-0.4, -0.2) is 18.3 Å². The van der Waals surface area contributed by atoms with Gasteiger partial charge >= 0.3 is 0 Å². The van der Waals surface area contributed by atoms with Gasteiger partial charge in [0, 0.05) is 6.42 Å². The number of fused-ring (bicyclic) bond motifs is 2. The molecule has 3 nitrogen and oxygen atoms in total. The van der Waals surface area contributed by atoms with E-state index in [0.29, 0.717) is 30.6 Å². The van der Waals surface area contributed by atoms with Gasteiger partial charge in [0.15, 0.2) is 5.90 Å². The summed E-state index contributed by atoms with van der Waals surface area (Å²) in [7, 11) is 0. The molecule has 3 atom stereocenters. The van der Waals surface area contributed by atoms with Crippen LogP contribution in [0.2, 0.25) is 0 Å². The zero-order valence-electron chi connectivity index (χ0n) is 12.6. The predicted octanol–water partition coefficient (Wildman–Crippen LogP) is 3.55. The quantitative estimate of drug-likeness (QED) is 0.832. The molecule has 2 saturated carbocycles. The molecule has 2 bridgehead atoms. The Kier molecular flexibility index (Phi) is 2.60. The van der Waals surface area contributed by atoms with Crippen LogP contribution >= 0.6 is 0 Å². The van der Waals surface area contributed by atoms with Gasteiger partial charge in [0.05, 0.1) is 0 Å². The molecule has 0 amide bonds. The van der Waals surface area contributed by atoms with Gasteiger partial charge in [-0.2, -0.15) is 0 Å². The normalized spacial score (nSPS) is 36.7. The monoisotopic (exact) mass is 283 g/mol. The molecule has 21 heavy (non-hydrogen) atoms. The molecule has 0 N–H and O–H groups in total. The number of hydrogen-bond acceptors (Lipinski definition) is 3. The molecule has 3 heteroatoms. The number of Topliss-reactive ketones (excluding diaryl/α,β-unsaturated/α-hetero) is 1. The van der Waals surface area contributed by atoms with Crippen molar-refractivity contribution < 1.29 is 9.53 Å². The SMILES string of the molecule is CC1(C)[C@@H]2CC[C@]1(C1=NC(c3ccccc3)CO1)C(=O)C2. The summed E-state index contributed by atoms with van der Waals surface area (Å²) >= 11 is 0.